The zero-order valence-corrected chi connectivity index (χ0v) is 34.1. The van der Waals surface area contributed by atoms with Crippen LogP contribution in [0.25, 0.3) is 122 Å². The highest BCUT2D eigenvalue weighted by molar-refractivity contribution is 6.22. The van der Waals surface area contributed by atoms with Crippen LogP contribution in [0.5, 0.6) is 0 Å². The molecule has 0 bridgehead atoms. The van der Waals surface area contributed by atoms with Crippen LogP contribution >= 0.6 is 0 Å². The number of hydrogen-bond donors (Lipinski definition) is 0. The maximum Gasteiger partial charge on any atom is 0.167 e. The molecule has 2 aromatic heterocycles. The van der Waals surface area contributed by atoms with Crippen molar-refractivity contribution in [3.8, 4) is 78.7 Å². The maximum atomic E-state index is 6.52. The van der Waals surface area contributed by atoms with Crippen LogP contribution in [0.1, 0.15) is 0 Å². The van der Waals surface area contributed by atoms with Crippen LogP contribution < -0.4 is 0 Å². The molecule has 0 unspecified atom stereocenters. The van der Waals surface area contributed by atoms with Crippen molar-refractivity contribution < 1.29 is 4.42 Å². The number of rotatable bonds is 7. The van der Waals surface area contributed by atoms with Gasteiger partial charge >= 0.3 is 0 Å². The molecule has 0 saturated heterocycles. The highest BCUT2D eigenvalue weighted by atomic mass is 16.3. The molecule has 4 heteroatoms. The van der Waals surface area contributed by atoms with Crippen LogP contribution in [0.3, 0.4) is 0 Å². The van der Waals surface area contributed by atoms with Gasteiger partial charge < -0.3 is 4.42 Å². The third kappa shape index (κ3) is 6.27. The van der Waals surface area contributed by atoms with Gasteiger partial charge in [0.1, 0.15) is 11.2 Å². The second-order valence-electron chi connectivity index (χ2n) is 15.8. The van der Waals surface area contributed by atoms with Gasteiger partial charge in [-0.2, -0.15) is 0 Å². The number of aromatic nitrogens is 3. The van der Waals surface area contributed by atoms with E-state index < -0.39 is 0 Å². The maximum absolute atomic E-state index is 6.52. The lowest BCUT2D eigenvalue weighted by Crippen LogP contribution is -2.01. The van der Waals surface area contributed by atoms with Crippen LogP contribution in [-0.2, 0) is 0 Å². The number of furan rings is 1. The van der Waals surface area contributed by atoms with E-state index in [0.717, 1.165) is 55.3 Å². The summed E-state index contributed by atoms with van der Waals surface area (Å²) in [4.78, 5) is 15.7. The zero-order chi connectivity index (χ0) is 41.7. The van der Waals surface area contributed by atoms with Crippen molar-refractivity contribution in [2.75, 3.05) is 0 Å². The van der Waals surface area contributed by atoms with E-state index in [-0.39, 0.29) is 0 Å². The minimum atomic E-state index is 0.551. The minimum Gasteiger partial charge on any atom is -0.455 e. The van der Waals surface area contributed by atoms with E-state index in [4.69, 9.17) is 19.4 Å². The van der Waals surface area contributed by atoms with Crippen molar-refractivity contribution in [2.24, 2.45) is 0 Å². The van der Waals surface area contributed by atoms with E-state index in [1.54, 1.807) is 0 Å². The third-order valence-corrected chi connectivity index (χ3v) is 12.2. The van der Waals surface area contributed by atoms with Crippen LogP contribution in [0.15, 0.2) is 229 Å². The summed E-state index contributed by atoms with van der Waals surface area (Å²) in [5.41, 5.74) is 13.5. The summed E-state index contributed by atoms with van der Waals surface area (Å²) in [5.74, 6) is 1.73. The lowest BCUT2D eigenvalue weighted by molar-refractivity contribution is 0.669. The zero-order valence-electron chi connectivity index (χ0n) is 34.1. The van der Waals surface area contributed by atoms with Gasteiger partial charge in [-0.15, -0.1) is 0 Å². The van der Waals surface area contributed by atoms with E-state index in [2.05, 4.69) is 188 Å². The highest BCUT2D eigenvalue weighted by Gasteiger charge is 2.21. The molecule has 12 aromatic rings. The van der Waals surface area contributed by atoms with Gasteiger partial charge in [0.25, 0.3) is 0 Å². The first-order chi connectivity index (χ1) is 31.3. The fourth-order valence-corrected chi connectivity index (χ4v) is 9.30. The van der Waals surface area contributed by atoms with Crippen LogP contribution in [0, 0.1) is 0 Å². The molecule has 12 rings (SSSR count). The molecule has 4 nitrogen and oxygen atoms in total. The number of hydrogen-bond acceptors (Lipinski definition) is 4. The largest absolute Gasteiger partial charge is 0.455 e. The Balaban J connectivity index is 1.04. The Hall–Kier alpha value is -8.47. The second kappa shape index (κ2) is 15.2. The molecular weight excluding hydrogens is 767 g/mol. The predicted octanol–water partition coefficient (Wildman–Crippen LogP) is 15.7. The smallest absolute Gasteiger partial charge is 0.167 e. The molecule has 2 heterocycles. The van der Waals surface area contributed by atoms with Crippen molar-refractivity contribution in [2.45, 2.75) is 0 Å². The van der Waals surface area contributed by atoms with Gasteiger partial charge in [0, 0.05) is 21.9 Å². The Morgan fingerprint density at radius 1 is 0.238 bits per heavy atom. The molecule has 294 valence electrons. The third-order valence-electron chi connectivity index (χ3n) is 12.2. The van der Waals surface area contributed by atoms with Crippen molar-refractivity contribution in [3.63, 3.8) is 0 Å². The average molecular weight is 804 g/mol. The SMILES string of the molecule is c1ccc(-c2ccccc2-c2nc(-c3ccc(-c4c5ccccc5c(-c5ccccc5-c5ccccc5)c5ccccc45)cc3)nc(-c3cccc4c3oc3ccccc34)n2)cc1. The highest BCUT2D eigenvalue weighted by Crippen LogP contribution is 2.46. The first-order valence-electron chi connectivity index (χ1n) is 21.3. The predicted molar refractivity (Wildman–Crippen MR) is 260 cm³/mol. The summed E-state index contributed by atoms with van der Waals surface area (Å²) in [5, 5.41) is 6.90. The van der Waals surface area contributed by atoms with Crippen LogP contribution in [0.2, 0.25) is 0 Å². The molecule has 0 N–H and O–H groups in total. The van der Waals surface area contributed by atoms with E-state index in [0.29, 0.717) is 17.5 Å². The lowest BCUT2D eigenvalue weighted by Gasteiger charge is -2.19. The molecule has 0 aliphatic carbocycles. The number of fused-ring (bicyclic) bond motifs is 5. The Morgan fingerprint density at radius 2 is 0.651 bits per heavy atom. The molecular formula is C59H37N3O. The first kappa shape index (κ1) is 36.4. The van der Waals surface area contributed by atoms with Gasteiger partial charge in [-0.1, -0.05) is 212 Å². The van der Waals surface area contributed by atoms with Gasteiger partial charge in [-0.05, 0) is 78.2 Å². The summed E-state index contributed by atoms with van der Waals surface area (Å²) >= 11 is 0. The Bertz CT molecular complexity index is 3610. The molecule has 0 spiro atoms. The number of benzene rings is 10. The summed E-state index contributed by atoms with van der Waals surface area (Å²) < 4.78 is 6.52. The van der Waals surface area contributed by atoms with Gasteiger partial charge in [0.2, 0.25) is 0 Å². The molecule has 63 heavy (non-hydrogen) atoms. The quantitative estimate of drug-likeness (QED) is 0.151. The van der Waals surface area contributed by atoms with Crippen molar-refractivity contribution >= 4 is 43.5 Å². The molecule has 0 saturated carbocycles. The van der Waals surface area contributed by atoms with Crippen molar-refractivity contribution in [1.82, 2.24) is 15.0 Å². The summed E-state index contributed by atoms with van der Waals surface area (Å²) in [6, 6.07) is 78.8. The standard InChI is InChI=1S/C59H37N3O/c1-3-18-38(19-4-1)42-22-7-9-25-45(42)55-48-28-12-10-26-46(48)54(47-27-11-13-29-49(47)55)40-34-36-41(37-35-40)57-60-58(51-30-14-8-23-43(51)39-20-5-2-6-21-39)62-59(61-57)52-32-17-31-50-44-24-15-16-33-53(44)63-56(50)52/h1-37H. The van der Waals surface area contributed by atoms with Crippen LogP contribution in [0.4, 0.5) is 0 Å². The molecule has 0 radical (unpaired) electrons. The van der Waals surface area contributed by atoms with Gasteiger partial charge in [-0.25, -0.2) is 15.0 Å². The molecule has 0 amide bonds. The lowest BCUT2D eigenvalue weighted by atomic mass is 9.84. The summed E-state index contributed by atoms with van der Waals surface area (Å²) in [6.45, 7) is 0. The molecule has 0 aliphatic heterocycles. The van der Waals surface area contributed by atoms with Crippen molar-refractivity contribution in [1.29, 1.82) is 0 Å². The van der Waals surface area contributed by atoms with E-state index in [1.165, 1.54) is 49.4 Å². The fraction of sp³-hybridized carbons (Fsp3) is 0. The average Bonchev–Trinajstić information content (AvgIpc) is 3.75. The molecule has 0 fully saturated rings. The monoisotopic (exact) mass is 803 g/mol. The van der Waals surface area contributed by atoms with Gasteiger partial charge in [-0.3, -0.25) is 0 Å². The topological polar surface area (TPSA) is 51.8 Å². The minimum absolute atomic E-state index is 0.551. The van der Waals surface area contributed by atoms with Gasteiger partial charge in [0.15, 0.2) is 17.5 Å². The molecule has 0 atom stereocenters. The van der Waals surface area contributed by atoms with E-state index >= 15 is 0 Å². The fourth-order valence-electron chi connectivity index (χ4n) is 9.30. The number of nitrogens with zero attached hydrogens (tertiary/aromatic N) is 3. The number of para-hydroxylation sites is 2. The van der Waals surface area contributed by atoms with Crippen LogP contribution in [-0.4, -0.2) is 15.0 Å². The van der Waals surface area contributed by atoms with E-state index in [9.17, 15) is 0 Å². The normalized spacial score (nSPS) is 11.5. The van der Waals surface area contributed by atoms with Crippen molar-refractivity contribution in [3.05, 3.63) is 224 Å². The Kier molecular flexibility index (Phi) is 8.79. The summed E-state index contributed by atoms with van der Waals surface area (Å²) in [6.07, 6.45) is 0. The van der Waals surface area contributed by atoms with E-state index in [1.807, 2.05) is 36.4 Å². The first-order valence-corrected chi connectivity index (χ1v) is 21.3. The Labute approximate surface area is 364 Å². The van der Waals surface area contributed by atoms with Gasteiger partial charge in [0.05, 0.1) is 5.56 Å². The Morgan fingerprint density at radius 3 is 1.27 bits per heavy atom. The molecule has 0 aliphatic rings. The molecule has 10 aromatic carbocycles. The second-order valence-corrected chi connectivity index (χ2v) is 15.8. The summed E-state index contributed by atoms with van der Waals surface area (Å²) in [7, 11) is 0.